The summed E-state index contributed by atoms with van der Waals surface area (Å²) < 4.78 is 11.1. The fraction of sp³-hybridized carbons (Fsp3) is 0.647. The van der Waals surface area contributed by atoms with Gasteiger partial charge in [0.15, 0.2) is 0 Å². The van der Waals surface area contributed by atoms with Crippen LogP contribution in [0.5, 0.6) is 0 Å². The molecule has 0 bridgehead atoms. The summed E-state index contributed by atoms with van der Waals surface area (Å²) in [7, 11) is 0. The van der Waals surface area contributed by atoms with Crippen LogP contribution in [0.2, 0.25) is 0 Å². The summed E-state index contributed by atoms with van der Waals surface area (Å²) in [6.07, 6.45) is 4.52. The Labute approximate surface area is 138 Å². The van der Waals surface area contributed by atoms with Gasteiger partial charge in [0.05, 0.1) is 24.9 Å². The molecule has 0 aromatic carbocycles. The van der Waals surface area contributed by atoms with Crippen LogP contribution in [-0.4, -0.2) is 42.8 Å². The first-order chi connectivity index (χ1) is 11.0. The van der Waals surface area contributed by atoms with Crippen molar-refractivity contribution in [3.8, 4) is 0 Å². The second-order valence-electron chi connectivity index (χ2n) is 5.56. The summed E-state index contributed by atoms with van der Waals surface area (Å²) in [6.45, 7) is 9.58. The van der Waals surface area contributed by atoms with Crippen LogP contribution in [0, 0.1) is 0 Å². The fourth-order valence-corrected chi connectivity index (χ4v) is 2.61. The van der Waals surface area contributed by atoms with Crippen LogP contribution in [0.1, 0.15) is 40.0 Å². The first-order valence-corrected chi connectivity index (χ1v) is 8.18. The smallest absolute Gasteiger partial charge is 0.333 e. The molecule has 0 radical (unpaired) electrons. The molecule has 3 unspecified atom stereocenters. The zero-order valence-corrected chi connectivity index (χ0v) is 14.2. The molecule has 1 rings (SSSR count). The molecule has 1 aliphatic rings. The minimum Gasteiger partial charge on any atom is -0.463 e. The van der Waals surface area contributed by atoms with Crippen molar-refractivity contribution in [3.05, 3.63) is 24.3 Å². The number of hydrogen-bond acceptors (Lipinski definition) is 5. The maximum absolute atomic E-state index is 12.0. The molecule has 1 aliphatic carbocycles. The Morgan fingerprint density at radius 3 is 2.61 bits per heavy atom. The Morgan fingerprint density at radius 1 is 1.43 bits per heavy atom. The number of hydrogen-bond donors (Lipinski definition) is 2. The number of nitrogens with two attached hydrogens (primary N) is 1. The molecule has 0 aromatic rings. The normalized spacial score (nSPS) is 24.0. The highest BCUT2D eigenvalue weighted by Crippen LogP contribution is 2.24. The molecule has 0 saturated carbocycles. The standard InChI is InChI=1S/C17H28N2O4/c1-5-12(6-2)23-14-10-11(17(21)22-8-4)9-13(18)16(14)19-15(20)7-3/h7,10,12-14,16H,3,5-6,8-9,18H2,1-2,4H3,(H,19,20). The lowest BCUT2D eigenvalue weighted by Crippen LogP contribution is -2.57. The molecular formula is C17H28N2O4. The molecule has 3 atom stereocenters. The maximum atomic E-state index is 12.0. The van der Waals surface area contributed by atoms with Crippen molar-refractivity contribution in [1.82, 2.24) is 5.32 Å². The highest BCUT2D eigenvalue weighted by atomic mass is 16.5. The molecule has 0 spiro atoms. The zero-order valence-electron chi connectivity index (χ0n) is 14.2. The third-order valence-electron chi connectivity index (χ3n) is 3.93. The van der Waals surface area contributed by atoms with Crippen molar-refractivity contribution >= 4 is 11.9 Å². The van der Waals surface area contributed by atoms with E-state index in [1.54, 1.807) is 13.0 Å². The molecule has 6 nitrogen and oxygen atoms in total. The first kappa shape index (κ1) is 19.4. The molecule has 1 amide bonds. The van der Waals surface area contributed by atoms with Gasteiger partial charge in [-0.3, -0.25) is 4.79 Å². The van der Waals surface area contributed by atoms with Crippen LogP contribution < -0.4 is 11.1 Å². The van der Waals surface area contributed by atoms with Crippen LogP contribution in [0.3, 0.4) is 0 Å². The second-order valence-corrected chi connectivity index (χ2v) is 5.56. The maximum Gasteiger partial charge on any atom is 0.333 e. The number of carbonyl (C=O) groups excluding carboxylic acids is 2. The van der Waals surface area contributed by atoms with Gasteiger partial charge in [-0.25, -0.2) is 4.79 Å². The van der Waals surface area contributed by atoms with Gasteiger partial charge in [0.1, 0.15) is 0 Å². The largest absolute Gasteiger partial charge is 0.463 e. The van der Waals surface area contributed by atoms with E-state index in [1.807, 2.05) is 13.8 Å². The summed E-state index contributed by atoms with van der Waals surface area (Å²) in [5.74, 6) is -0.689. The molecule has 3 N–H and O–H groups in total. The average Bonchev–Trinajstić information content (AvgIpc) is 2.54. The van der Waals surface area contributed by atoms with E-state index in [0.717, 1.165) is 12.8 Å². The Morgan fingerprint density at radius 2 is 2.09 bits per heavy atom. The zero-order chi connectivity index (χ0) is 17.4. The van der Waals surface area contributed by atoms with Crippen molar-refractivity contribution in [1.29, 1.82) is 0 Å². The predicted octanol–water partition coefficient (Wildman–Crippen LogP) is 1.45. The number of ether oxygens (including phenoxy) is 2. The van der Waals surface area contributed by atoms with E-state index in [1.165, 1.54) is 6.08 Å². The lowest BCUT2D eigenvalue weighted by Gasteiger charge is -2.36. The summed E-state index contributed by atoms with van der Waals surface area (Å²) in [5, 5.41) is 2.81. The number of nitrogens with one attached hydrogen (secondary N) is 1. The van der Waals surface area contributed by atoms with Crippen molar-refractivity contribution in [2.45, 2.75) is 64.3 Å². The molecular weight excluding hydrogens is 296 g/mol. The van der Waals surface area contributed by atoms with E-state index in [9.17, 15) is 9.59 Å². The van der Waals surface area contributed by atoms with Gasteiger partial charge in [-0.1, -0.05) is 20.4 Å². The monoisotopic (exact) mass is 324 g/mol. The van der Waals surface area contributed by atoms with E-state index in [2.05, 4.69) is 11.9 Å². The van der Waals surface area contributed by atoms with E-state index < -0.39 is 18.2 Å². The lowest BCUT2D eigenvalue weighted by atomic mass is 9.88. The molecule has 0 heterocycles. The van der Waals surface area contributed by atoms with Gasteiger partial charge in [-0.15, -0.1) is 0 Å². The number of esters is 1. The van der Waals surface area contributed by atoms with Crippen molar-refractivity contribution < 1.29 is 19.1 Å². The summed E-state index contributed by atoms with van der Waals surface area (Å²) in [4.78, 5) is 23.7. The molecule has 23 heavy (non-hydrogen) atoms. The van der Waals surface area contributed by atoms with Crippen molar-refractivity contribution in [3.63, 3.8) is 0 Å². The third-order valence-corrected chi connectivity index (χ3v) is 3.93. The average molecular weight is 324 g/mol. The minimum absolute atomic E-state index is 0.0353. The Kier molecular flexibility index (Phi) is 7.98. The van der Waals surface area contributed by atoms with Gasteiger partial charge < -0.3 is 20.5 Å². The predicted molar refractivity (Wildman–Crippen MR) is 88.7 cm³/mol. The molecule has 0 aromatic heterocycles. The number of rotatable bonds is 8. The highest BCUT2D eigenvalue weighted by Gasteiger charge is 2.36. The minimum atomic E-state index is -0.466. The van der Waals surface area contributed by atoms with Gasteiger partial charge in [0, 0.05) is 11.6 Å². The summed E-state index contributed by atoms with van der Waals surface area (Å²) >= 11 is 0. The lowest BCUT2D eigenvalue weighted by molar-refractivity contribution is -0.139. The number of amides is 1. The molecule has 6 heteroatoms. The van der Waals surface area contributed by atoms with Crippen LogP contribution >= 0.6 is 0 Å². The van der Waals surface area contributed by atoms with E-state index >= 15 is 0 Å². The number of carbonyl (C=O) groups is 2. The second kappa shape index (κ2) is 9.47. The van der Waals surface area contributed by atoms with E-state index in [4.69, 9.17) is 15.2 Å². The van der Waals surface area contributed by atoms with Gasteiger partial charge in [0.25, 0.3) is 0 Å². The fourth-order valence-electron chi connectivity index (χ4n) is 2.61. The van der Waals surface area contributed by atoms with Crippen molar-refractivity contribution in [2.24, 2.45) is 5.73 Å². The Bertz CT molecular complexity index is 458. The van der Waals surface area contributed by atoms with E-state index in [0.29, 0.717) is 18.6 Å². The van der Waals surface area contributed by atoms with Crippen LogP contribution in [-0.2, 0) is 19.1 Å². The van der Waals surface area contributed by atoms with Crippen molar-refractivity contribution in [2.75, 3.05) is 6.61 Å². The quantitative estimate of drug-likeness (QED) is 0.521. The van der Waals surface area contributed by atoms with Gasteiger partial charge in [-0.05, 0) is 38.3 Å². The van der Waals surface area contributed by atoms with Crippen LogP contribution in [0.4, 0.5) is 0 Å². The molecule has 130 valence electrons. The summed E-state index contributed by atoms with van der Waals surface area (Å²) in [6, 6.07) is -0.832. The molecule has 0 saturated heterocycles. The van der Waals surface area contributed by atoms with Crippen LogP contribution in [0.15, 0.2) is 24.3 Å². The van der Waals surface area contributed by atoms with Crippen LogP contribution in [0.25, 0.3) is 0 Å². The van der Waals surface area contributed by atoms with E-state index in [-0.39, 0.29) is 18.0 Å². The molecule has 0 aliphatic heterocycles. The van der Waals surface area contributed by atoms with Gasteiger partial charge in [-0.2, -0.15) is 0 Å². The highest BCUT2D eigenvalue weighted by molar-refractivity contribution is 5.89. The summed E-state index contributed by atoms with van der Waals surface area (Å²) in [5.41, 5.74) is 6.68. The van der Waals surface area contributed by atoms with Gasteiger partial charge >= 0.3 is 5.97 Å². The SMILES string of the molecule is C=CC(=O)NC1C(N)CC(C(=O)OCC)=CC1OC(CC)CC. The topological polar surface area (TPSA) is 90.7 Å². The molecule has 0 fully saturated rings. The third kappa shape index (κ3) is 5.48. The Balaban J connectivity index is 3.01. The van der Waals surface area contributed by atoms with Gasteiger partial charge in [0.2, 0.25) is 5.91 Å². The Hall–Kier alpha value is -1.66. The first-order valence-electron chi connectivity index (χ1n) is 8.18.